The molecule has 1 aliphatic rings. The van der Waals surface area contributed by atoms with Crippen molar-refractivity contribution in [1.82, 2.24) is 5.32 Å². The average Bonchev–Trinajstić information content (AvgIpc) is 2.93. The average molecular weight is 618 g/mol. The van der Waals surface area contributed by atoms with Crippen molar-refractivity contribution >= 4 is 40.8 Å². The molecule has 0 radical (unpaired) electrons. The SMILES string of the molecule is CC(=O)N1c2ccc(C(=O)NCCOCCOCCOCCC(=O)OC(C)(C)C)cc2C(Nc2ccc(Cl)cc2)CC1C. The van der Waals surface area contributed by atoms with E-state index in [-0.39, 0.29) is 42.9 Å². The van der Waals surface area contributed by atoms with Crippen molar-refractivity contribution < 1.29 is 33.3 Å². The van der Waals surface area contributed by atoms with Crippen LogP contribution in [0.5, 0.6) is 0 Å². The van der Waals surface area contributed by atoms with Crippen LogP contribution >= 0.6 is 11.6 Å². The molecule has 10 nitrogen and oxygen atoms in total. The van der Waals surface area contributed by atoms with Crippen LogP contribution in [0.15, 0.2) is 42.5 Å². The van der Waals surface area contributed by atoms with Gasteiger partial charge in [0.2, 0.25) is 5.91 Å². The second kappa shape index (κ2) is 16.6. The second-order valence-corrected chi connectivity index (χ2v) is 11.8. The number of fused-ring (bicyclic) bond motifs is 1. The van der Waals surface area contributed by atoms with E-state index in [1.54, 1.807) is 17.9 Å². The first kappa shape index (κ1) is 34.3. The van der Waals surface area contributed by atoms with E-state index in [2.05, 4.69) is 10.6 Å². The molecule has 1 aliphatic heterocycles. The number of carbonyl (C=O) groups excluding carboxylic acids is 3. The van der Waals surface area contributed by atoms with E-state index in [9.17, 15) is 14.4 Å². The molecular formula is C32H44ClN3O7. The Morgan fingerprint density at radius 2 is 1.56 bits per heavy atom. The number of carbonyl (C=O) groups is 3. The number of nitrogens with one attached hydrogen (secondary N) is 2. The summed E-state index contributed by atoms with van der Waals surface area (Å²) >= 11 is 6.05. The molecule has 2 atom stereocenters. The zero-order chi connectivity index (χ0) is 31.4. The third kappa shape index (κ3) is 11.4. The zero-order valence-corrected chi connectivity index (χ0v) is 26.5. The lowest BCUT2D eigenvalue weighted by Gasteiger charge is -2.39. The summed E-state index contributed by atoms with van der Waals surface area (Å²) in [4.78, 5) is 38.8. The van der Waals surface area contributed by atoms with Gasteiger partial charge in [0.1, 0.15) is 5.60 Å². The maximum atomic E-state index is 12.9. The fraction of sp³-hybridized carbons (Fsp3) is 0.531. The Labute approximate surface area is 259 Å². The summed E-state index contributed by atoms with van der Waals surface area (Å²) in [7, 11) is 0. The number of amides is 2. The van der Waals surface area contributed by atoms with Crippen LogP contribution in [0.1, 0.15) is 69.4 Å². The van der Waals surface area contributed by atoms with Crippen molar-refractivity contribution in [3.8, 4) is 0 Å². The quantitative estimate of drug-likeness (QED) is 0.208. The third-order valence-corrected chi connectivity index (χ3v) is 6.87. The van der Waals surface area contributed by atoms with Gasteiger partial charge in [-0.15, -0.1) is 0 Å². The van der Waals surface area contributed by atoms with Crippen molar-refractivity contribution in [2.24, 2.45) is 0 Å². The molecule has 0 aliphatic carbocycles. The lowest BCUT2D eigenvalue weighted by atomic mass is 9.90. The highest BCUT2D eigenvalue weighted by Gasteiger charge is 2.33. The molecule has 2 N–H and O–H groups in total. The molecule has 0 aromatic heterocycles. The summed E-state index contributed by atoms with van der Waals surface area (Å²) in [5.74, 6) is -0.544. The Hall–Kier alpha value is -3.18. The van der Waals surface area contributed by atoms with Gasteiger partial charge in [-0.05, 0) is 82.1 Å². The summed E-state index contributed by atoms with van der Waals surface area (Å²) in [6.45, 7) is 11.6. The largest absolute Gasteiger partial charge is 0.460 e. The van der Waals surface area contributed by atoms with Gasteiger partial charge in [0.15, 0.2) is 0 Å². The molecular weight excluding hydrogens is 574 g/mol. The minimum Gasteiger partial charge on any atom is -0.460 e. The first-order valence-corrected chi connectivity index (χ1v) is 15.0. The Morgan fingerprint density at radius 1 is 0.930 bits per heavy atom. The molecule has 2 aromatic rings. The standard InChI is InChI=1S/C32H44ClN3O7/c1-22-20-28(35-26-9-7-25(33)8-10-26)27-21-24(6-11-29(27)36(22)23(2)37)31(39)34-13-15-41-17-19-42-18-16-40-14-12-30(38)43-32(3,4)5/h6-11,21-22,28,35H,12-20H2,1-5H3,(H,34,39). The van der Waals surface area contributed by atoms with E-state index in [0.29, 0.717) is 56.6 Å². The van der Waals surface area contributed by atoms with Crippen LogP contribution < -0.4 is 15.5 Å². The van der Waals surface area contributed by atoms with Gasteiger partial charge in [0, 0.05) is 41.5 Å². The summed E-state index contributed by atoms with van der Waals surface area (Å²) in [6, 6.07) is 12.8. The van der Waals surface area contributed by atoms with Crippen LogP contribution in [0, 0.1) is 0 Å². The molecule has 1 heterocycles. The van der Waals surface area contributed by atoms with Crippen LogP contribution in [0.3, 0.4) is 0 Å². The van der Waals surface area contributed by atoms with E-state index in [4.69, 9.17) is 30.5 Å². The number of benzene rings is 2. The molecule has 236 valence electrons. The summed E-state index contributed by atoms with van der Waals surface area (Å²) in [5, 5.41) is 7.08. The van der Waals surface area contributed by atoms with E-state index in [1.165, 1.54) is 0 Å². The highest BCUT2D eigenvalue weighted by atomic mass is 35.5. The van der Waals surface area contributed by atoms with E-state index < -0.39 is 5.60 Å². The molecule has 0 saturated heterocycles. The predicted octanol–water partition coefficient (Wildman–Crippen LogP) is 5.15. The third-order valence-electron chi connectivity index (χ3n) is 6.61. The maximum Gasteiger partial charge on any atom is 0.308 e. The smallest absolute Gasteiger partial charge is 0.308 e. The number of ether oxygens (including phenoxy) is 4. The number of hydrogen-bond acceptors (Lipinski definition) is 8. The number of anilines is 2. The molecule has 0 fully saturated rings. The predicted molar refractivity (Wildman–Crippen MR) is 167 cm³/mol. The minimum absolute atomic E-state index is 0.00714. The van der Waals surface area contributed by atoms with Crippen molar-refractivity contribution in [3.63, 3.8) is 0 Å². The van der Waals surface area contributed by atoms with Crippen molar-refractivity contribution in [2.45, 2.75) is 65.1 Å². The van der Waals surface area contributed by atoms with Gasteiger partial charge in [0.05, 0.1) is 52.1 Å². The van der Waals surface area contributed by atoms with Gasteiger partial charge in [-0.25, -0.2) is 0 Å². The van der Waals surface area contributed by atoms with Crippen LogP contribution in [-0.4, -0.2) is 75.6 Å². The molecule has 3 rings (SSSR count). The number of rotatable bonds is 15. The molecule has 0 bridgehead atoms. The monoisotopic (exact) mass is 617 g/mol. The van der Waals surface area contributed by atoms with Gasteiger partial charge < -0.3 is 34.5 Å². The van der Waals surface area contributed by atoms with Gasteiger partial charge >= 0.3 is 5.97 Å². The van der Waals surface area contributed by atoms with Gasteiger partial charge in [-0.3, -0.25) is 14.4 Å². The van der Waals surface area contributed by atoms with Crippen molar-refractivity contribution in [1.29, 1.82) is 0 Å². The Balaban J connectivity index is 1.39. The van der Waals surface area contributed by atoms with Gasteiger partial charge in [-0.1, -0.05) is 11.6 Å². The minimum atomic E-state index is -0.497. The van der Waals surface area contributed by atoms with E-state index in [0.717, 1.165) is 16.9 Å². The number of esters is 1. The first-order valence-electron chi connectivity index (χ1n) is 14.6. The van der Waals surface area contributed by atoms with Crippen LogP contribution in [0.4, 0.5) is 11.4 Å². The maximum absolute atomic E-state index is 12.9. The molecule has 2 aromatic carbocycles. The van der Waals surface area contributed by atoms with E-state index in [1.807, 2.05) is 64.1 Å². The van der Waals surface area contributed by atoms with Crippen molar-refractivity contribution in [2.75, 3.05) is 56.4 Å². The molecule has 0 spiro atoms. The lowest BCUT2D eigenvalue weighted by molar-refractivity contribution is -0.156. The zero-order valence-electron chi connectivity index (χ0n) is 25.7. The van der Waals surface area contributed by atoms with Gasteiger partial charge in [0.25, 0.3) is 5.91 Å². The van der Waals surface area contributed by atoms with Crippen LogP contribution in [0.2, 0.25) is 5.02 Å². The molecule has 2 amide bonds. The van der Waals surface area contributed by atoms with Crippen LogP contribution in [0.25, 0.3) is 0 Å². The van der Waals surface area contributed by atoms with Crippen molar-refractivity contribution in [3.05, 3.63) is 58.6 Å². The fourth-order valence-corrected chi connectivity index (χ4v) is 4.92. The summed E-state index contributed by atoms with van der Waals surface area (Å²) < 4.78 is 21.6. The molecule has 11 heteroatoms. The second-order valence-electron chi connectivity index (χ2n) is 11.4. The Kier molecular flexibility index (Phi) is 13.3. The van der Waals surface area contributed by atoms with Crippen LogP contribution in [-0.2, 0) is 28.5 Å². The number of nitrogens with zero attached hydrogens (tertiary/aromatic N) is 1. The summed E-state index contributed by atoms with van der Waals surface area (Å²) in [6.07, 6.45) is 0.892. The first-order chi connectivity index (χ1) is 20.4. The Morgan fingerprint density at radius 3 is 2.19 bits per heavy atom. The fourth-order valence-electron chi connectivity index (χ4n) is 4.80. The Bertz CT molecular complexity index is 1220. The lowest BCUT2D eigenvalue weighted by Crippen LogP contribution is -2.43. The topological polar surface area (TPSA) is 115 Å². The molecule has 43 heavy (non-hydrogen) atoms. The highest BCUT2D eigenvalue weighted by Crippen LogP contribution is 2.39. The van der Waals surface area contributed by atoms with Gasteiger partial charge in [-0.2, -0.15) is 0 Å². The van der Waals surface area contributed by atoms with E-state index >= 15 is 0 Å². The highest BCUT2D eigenvalue weighted by molar-refractivity contribution is 6.30. The number of halogens is 1. The molecule has 0 saturated carbocycles. The normalized spacial score (nSPS) is 16.4. The molecule has 2 unspecified atom stereocenters. The number of hydrogen-bond donors (Lipinski definition) is 2. The summed E-state index contributed by atoms with van der Waals surface area (Å²) in [5.41, 5.74) is 2.60.